The normalized spacial score (nSPS) is 18.4. The van der Waals surface area contributed by atoms with Crippen LogP contribution in [0.15, 0.2) is 41.3 Å². The van der Waals surface area contributed by atoms with Crippen molar-refractivity contribution in [3.63, 3.8) is 0 Å². The van der Waals surface area contributed by atoms with E-state index in [-0.39, 0.29) is 28.4 Å². The molecule has 1 aromatic heterocycles. The topological polar surface area (TPSA) is 67.2 Å². The van der Waals surface area contributed by atoms with Crippen LogP contribution >= 0.6 is 11.6 Å². The highest BCUT2D eigenvalue weighted by Crippen LogP contribution is 2.26. The van der Waals surface area contributed by atoms with Crippen LogP contribution in [0.3, 0.4) is 0 Å². The second kappa shape index (κ2) is 9.65. The largest absolute Gasteiger partial charge is 0.369 e. The van der Waals surface area contributed by atoms with Gasteiger partial charge in [-0.15, -0.1) is 0 Å². The van der Waals surface area contributed by atoms with Gasteiger partial charge in [-0.2, -0.15) is 5.10 Å². The van der Waals surface area contributed by atoms with Gasteiger partial charge in [-0.3, -0.25) is 9.59 Å². The molecule has 0 radical (unpaired) electrons. The van der Waals surface area contributed by atoms with E-state index in [1.807, 2.05) is 30.3 Å². The average molecular weight is 429 g/mol. The van der Waals surface area contributed by atoms with Gasteiger partial charge in [0.05, 0.1) is 18.4 Å². The molecule has 1 N–H and O–H groups in total. The molecule has 1 aliphatic carbocycles. The van der Waals surface area contributed by atoms with Crippen molar-refractivity contribution >= 4 is 23.2 Å². The third-order valence-corrected chi connectivity index (χ3v) is 6.65. The van der Waals surface area contributed by atoms with Gasteiger partial charge in [0.25, 0.3) is 5.56 Å². The predicted octanol–water partition coefficient (Wildman–Crippen LogP) is 3.61. The number of amides is 1. The number of nitrogens with zero attached hydrogens (tertiary/aromatic N) is 3. The van der Waals surface area contributed by atoms with Crippen molar-refractivity contribution in [3.8, 4) is 0 Å². The molecule has 4 rings (SSSR count). The fourth-order valence-electron chi connectivity index (χ4n) is 4.49. The third-order valence-electron chi connectivity index (χ3n) is 6.30. The van der Waals surface area contributed by atoms with E-state index in [1.54, 1.807) is 6.20 Å². The van der Waals surface area contributed by atoms with Gasteiger partial charge in [-0.1, -0.05) is 61.2 Å². The number of carbonyl (C=O) groups is 1. The maximum Gasteiger partial charge on any atom is 0.287 e. The number of halogens is 1. The van der Waals surface area contributed by atoms with Crippen LogP contribution in [0.4, 0.5) is 5.69 Å². The highest BCUT2D eigenvalue weighted by molar-refractivity contribution is 6.33. The molecule has 7 heteroatoms. The highest BCUT2D eigenvalue weighted by Gasteiger charge is 2.27. The molecule has 2 fully saturated rings. The van der Waals surface area contributed by atoms with Crippen LogP contribution in [-0.2, 0) is 11.3 Å². The molecule has 1 amide bonds. The Kier molecular flexibility index (Phi) is 6.72. The van der Waals surface area contributed by atoms with Crippen LogP contribution in [0.2, 0.25) is 5.02 Å². The molecule has 2 aromatic rings. The van der Waals surface area contributed by atoms with Gasteiger partial charge in [0, 0.05) is 25.0 Å². The molecule has 0 spiro atoms. The Morgan fingerprint density at radius 2 is 1.77 bits per heavy atom. The molecule has 1 aromatic carbocycles. The van der Waals surface area contributed by atoms with Crippen molar-refractivity contribution in [2.75, 3.05) is 18.0 Å². The van der Waals surface area contributed by atoms with Crippen molar-refractivity contribution in [2.24, 2.45) is 5.92 Å². The van der Waals surface area contributed by atoms with Crippen molar-refractivity contribution in [1.29, 1.82) is 0 Å². The number of benzene rings is 1. The summed E-state index contributed by atoms with van der Waals surface area (Å²) in [7, 11) is 0. The first-order valence-electron chi connectivity index (χ1n) is 11.0. The molecule has 0 unspecified atom stereocenters. The predicted molar refractivity (Wildman–Crippen MR) is 119 cm³/mol. The summed E-state index contributed by atoms with van der Waals surface area (Å²) in [5, 5.41) is 7.80. The van der Waals surface area contributed by atoms with Crippen LogP contribution in [0.1, 0.15) is 50.5 Å². The summed E-state index contributed by atoms with van der Waals surface area (Å²) >= 11 is 6.44. The Hall–Kier alpha value is -2.34. The van der Waals surface area contributed by atoms with E-state index in [0.29, 0.717) is 12.2 Å². The lowest BCUT2D eigenvalue weighted by Crippen LogP contribution is -2.47. The molecule has 2 heterocycles. The number of nitrogens with one attached hydrogen (secondary N) is 1. The number of rotatable bonds is 5. The van der Waals surface area contributed by atoms with Gasteiger partial charge < -0.3 is 10.2 Å². The fourth-order valence-corrected chi connectivity index (χ4v) is 4.76. The third kappa shape index (κ3) is 4.86. The van der Waals surface area contributed by atoms with Crippen LogP contribution < -0.4 is 15.8 Å². The van der Waals surface area contributed by atoms with E-state index in [4.69, 9.17) is 11.6 Å². The second-order valence-electron chi connectivity index (χ2n) is 8.40. The molecule has 1 aliphatic heterocycles. The first-order valence-corrected chi connectivity index (χ1v) is 11.3. The summed E-state index contributed by atoms with van der Waals surface area (Å²) < 4.78 is 1.40. The lowest BCUT2D eigenvalue weighted by Gasteiger charge is -2.35. The molecular weight excluding hydrogens is 400 g/mol. The quantitative estimate of drug-likeness (QED) is 0.789. The summed E-state index contributed by atoms with van der Waals surface area (Å²) in [4.78, 5) is 27.3. The number of hydrogen-bond donors (Lipinski definition) is 1. The Labute approximate surface area is 182 Å². The molecular formula is C23H29ClN4O2. The molecule has 6 nitrogen and oxygen atoms in total. The summed E-state index contributed by atoms with van der Waals surface area (Å²) in [6.45, 7) is 1.90. The molecule has 0 atom stereocenters. The van der Waals surface area contributed by atoms with Gasteiger partial charge in [0.15, 0.2) is 0 Å². The lowest BCUT2D eigenvalue weighted by molar-refractivity contribution is -0.126. The molecule has 2 aliphatic rings. The van der Waals surface area contributed by atoms with Crippen LogP contribution in [0.25, 0.3) is 0 Å². The zero-order valence-electron chi connectivity index (χ0n) is 17.2. The fraction of sp³-hybridized carbons (Fsp3) is 0.522. The van der Waals surface area contributed by atoms with Crippen LogP contribution in [0, 0.1) is 5.92 Å². The number of anilines is 1. The highest BCUT2D eigenvalue weighted by atomic mass is 35.5. The maximum absolute atomic E-state index is 12.7. The minimum absolute atomic E-state index is 0.188. The molecule has 1 saturated carbocycles. The van der Waals surface area contributed by atoms with Gasteiger partial charge in [-0.05, 0) is 31.2 Å². The summed E-state index contributed by atoms with van der Waals surface area (Å²) in [6.07, 6.45) is 9.00. The van der Waals surface area contributed by atoms with Crippen LogP contribution in [-0.4, -0.2) is 34.8 Å². The van der Waals surface area contributed by atoms with Crippen LogP contribution in [0.5, 0.6) is 0 Å². The van der Waals surface area contributed by atoms with Crippen molar-refractivity contribution in [1.82, 2.24) is 15.1 Å². The average Bonchev–Trinajstić information content (AvgIpc) is 2.79. The van der Waals surface area contributed by atoms with Crippen molar-refractivity contribution in [3.05, 3.63) is 57.5 Å². The minimum Gasteiger partial charge on any atom is -0.369 e. The standard InChI is InChI=1S/C23H29ClN4O2/c24-21-20(15-25-28(23(21)30)16-17-7-3-1-4-8-17)27-13-11-19(12-14-27)26-22(29)18-9-5-2-6-10-18/h1,3-4,7-8,15,18-19H,2,5-6,9-14,16H2,(H,26,29). The van der Waals surface area contributed by atoms with Crippen molar-refractivity contribution in [2.45, 2.75) is 57.5 Å². The van der Waals surface area contributed by atoms with Gasteiger partial charge in [-0.25, -0.2) is 4.68 Å². The summed E-state index contributed by atoms with van der Waals surface area (Å²) in [6, 6.07) is 9.93. The summed E-state index contributed by atoms with van der Waals surface area (Å²) in [5.74, 6) is 0.406. The van der Waals surface area contributed by atoms with E-state index in [0.717, 1.165) is 57.2 Å². The lowest BCUT2D eigenvalue weighted by atomic mass is 9.88. The van der Waals surface area contributed by atoms with E-state index >= 15 is 0 Å². The Bertz CT molecular complexity index is 917. The molecule has 1 saturated heterocycles. The van der Waals surface area contributed by atoms with Crippen molar-refractivity contribution < 1.29 is 4.79 Å². The zero-order chi connectivity index (χ0) is 20.9. The Morgan fingerprint density at radius 3 is 2.47 bits per heavy atom. The maximum atomic E-state index is 12.7. The summed E-state index contributed by atoms with van der Waals surface area (Å²) in [5.41, 5.74) is 1.42. The zero-order valence-corrected chi connectivity index (χ0v) is 18.0. The van der Waals surface area contributed by atoms with Gasteiger partial charge >= 0.3 is 0 Å². The number of aromatic nitrogens is 2. The Balaban J connectivity index is 1.35. The number of piperidine rings is 1. The molecule has 160 valence electrons. The minimum atomic E-state index is -0.272. The second-order valence-corrected chi connectivity index (χ2v) is 8.78. The first kappa shape index (κ1) is 20.9. The van der Waals surface area contributed by atoms with E-state index < -0.39 is 0 Å². The van der Waals surface area contributed by atoms with Gasteiger partial charge in [0.1, 0.15) is 5.02 Å². The smallest absolute Gasteiger partial charge is 0.287 e. The van der Waals surface area contributed by atoms with E-state index in [9.17, 15) is 9.59 Å². The number of carbonyl (C=O) groups excluding carboxylic acids is 1. The van der Waals surface area contributed by atoms with Gasteiger partial charge in [0.2, 0.25) is 5.91 Å². The SMILES string of the molecule is O=C(NC1CCN(c2cnn(Cc3ccccc3)c(=O)c2Cl)CC1)C1CCCCC1. The number of hydrogen-bond acceptors (Lipinski definition) is 4. The van der Waals surface area contributed by atoms with E-state index in [2.05, 4.69) is 15.3 Å². The van der Waals surface area contributed by atoms with E-state index in [1.165, 1.54) is 11.1 Å². The molecule has 0 bridgehead atoms. The Morgan fingerprint density at radius 1 is 1.07 bits per heavy atom. The first-order chi connectivity index (χ1) is 14.6. The molecule has 30 heavy (non-hydrogen) atoms. The monoisotopic (exact) mass is 428 g/mol.